The highest BCUT2D eigenvalue weighted by Crippen LogP contribution is 2.35. The molecular formula is C44H30F3N3O5. The van der Waals surface area contributed by atoms with Crippen LogP contribution in [0.4, 0.5) is 41.6 Å². The smallest absolute Gasteiger partial charge is 0.311 e. The van der Waals surface area contributed by atoms with Gasteiger partial charge in [0.25, 0.3) is 17.2 Å². The number of ketones is 1. The molecule has 0 N–H and O–H groups in total. The first kappa shape index (κ1) is 37.4. The first-order chi connectivity index (χ1) is 26.4. The van der Waals surface area contributed by atoms with E-state index >= 15 is 0 Å². The molecule has 0 amide bonds. The van der Waals surface area contributed by atoms with Gasteiger partial charge in [-0.3, -0.25) is 25.0 Å². The molecule has 0 saturated heterocycles. The van der Waals surface area contributed by atoms with Crippen LogP contribution in [0.5, 0.6) is 0 Å². The topological polar surface area (TPSA) is 107 Å². The largest absolute Gasteiger partial charge is 0.454 e. The van der Waals surface area contributed by atoms with Crippen molar-refractivity contribution in [2.45, 2.75) is 6.18 Å². The van der Waals surface area contributed by atoms with Crippen molar-refractivity contribution in [3.05, 3.63) is 205 Å². The van der Waals surface area contributed by atoms with Crippen molar-refractivity contribution < 1.29 is 27.8 Å². The van der Waals surface area contributed by atoms with E-state index in [9.17, 15) is 38.2 Å². The van der Waals surface area contributed by atoms with Gasteiger partial charge in [0.1, 0.15) is 0 Å². The maximum Gasteiger partial charge on any atom is 0.454 e. The number of alkyl halides is 3. The first-order valence-electron chi connectivity index (χ1n) is 16.8. The Morgan fingerprint density at radius 3 is 0.909 bits per heavy atom. The summed E-state index contributed by atoms with van der Waals surface area (Å²) in [5, 5.41) is 22.0. The predicted molar refractivity (Wildman–Crippen MR) is 211 cm³/mol. The van der Waals surface area contributed by atoms with Gasteiger partial charge in [0.15, 0.2) is 0 Å². The second-order valence-electron chi connectivity index (χ2n) is 12.3. The van der Waals surface area contributed by atoms with Gasteiger partial charge in [-0.2, -0.15) is 13.2 Å². The molecule has 0 radical (unpaired) electrons. The van der Waals surface area contributed by atoms with E-state index in [-0.39, 0.29) is 11.4 Å². The standard InChI is InChI=1S/C44H30F3N3O5/c45-44(46,47)43(51)37-19-7-31(8-20-37)1-2-32-9-21-38(22-10-32)48(39-23-11-33(12-24-39)3-5-35-15-27-41(28-16-35)49(52)53)40-25-13-34(14-26-40)4-6-36-17-29-42(30-18-36)50(54)55/h1-30H/b2-1+,5-3+,6-4+. The Balaban J connectivity index is 1.24. The lowest BCUT2D eigenvalue weighted by molar-refractivity contribution is -0.385. The van der Waals surface area contributed by atoms with Crippen molar-refractivity contribution in [1.29, 1.82) is 0 Å². The number of hydrogen-bond acceptors (Lipinski definition) is 6. The molecule has 0 aliphatic carbocycles. The fraction of sp³-hybridized carbons (Fsp3) is 0.0227. The third-order valence-corrected chi connectivity index (χ3v) is 8.50. The first-order valence-corrected chi connectivity index (χ1v) is 16.8. The Morgan fingerprint density at radius 1 is 0.436 bits per heavy atom. The van der Waals surface area contributed by atoms with E-state index in [4.69, 9.17) is 0 Å². The molecule has 0 aromatic heterocycles. The fourth-order valence-corrected chi connectivity index (χ4v) is 5.55. The molecule has 0 aliphatic heterocycles. The quantitative estimate of drug-likeness (QED) is 0.0535. The third-order valence-electron chi connectivity index (χ3n) is 8.50. The Kier molecular flexibility index (Phi) is 11.2. The second kappa shape index (κ2) is 16.5. The Bertz CT molecular complexity index is 2280. The van der Waals surface area contributed by atoms with Crippen LogP contribution in [0, 0.1) is 20.2 Å². The van der Waals surface area contributed by atoms with Gasteiger partial charge in [0.05, 0.1) is 9.85 Å². The van der Waals surface area contributed by atoms with E-state index in [1.807, 2.05) is 103 Å². The summed E-state index contributed by atoms with van der Waals surface area (Å²) in [6.07, 6.45) is 6.24. The summed E-state index contributed by atoms with van der Waals surface area (Å²) in [4.78, 5) is 34.7. The SMILES string of the molecule is O=C(c1ccc(/C=C/c2ccc(N(c3ccc(/C=C/c4ccc([N+](=O)[O-])cc4)cc3)c3ccc(/C=C/c4ccc([N+](=O)[O-])cc4)cc3)cc2)cc1)C(F)(F)F. The molecule has 0 spiro atoms. The van der Waals surface area contributed by atoms with Crippen LogP contribution in [0.1, 0.15) is 43.7 Å². The summed E-state index contributed by atoms with van der Waals surface area (Å²) >= 11 is 0. The van der Waals surface area contributed by atoms with E-state index in [2.05, 4.69) is 4.90 Å². The normalized spacial score (nSPS) is 11.7. The van der Waals surface area contributed by atoms with Gasteiger partial charge in [0, 0.05) is 46.9 Å². The molecule has 0 aliphatic rings. The van der Waals surface area contributed by atoms with Crippen LogP contribution in [0.3, 0.4) is 0 Å². The van der Waals surface area contributed by atoms with Gasteiger partial charge in [-0.15, -0.1) is 0 Å². The number of nitro benzene ring substituents is 2. The van der Waals surface area contributed by atoms with E-state index in [1.165, 1.54) is 36.4 Å². The molecule has 0 heterocycles. The minimum absolute atomic E-state index is 0.0236. The summed E-state index contributed by atoms with van der Waals surface area (Å²) in [6.45, 7) is 0. The number of nitro groups is 2. The Labute approximate surface area is 313 Å². The van der Waals surface area contributed by atoms with E-state index in [0.717, 1.165) is 57.0 Å². The lowest BCUT2D eigenvalue weighted by Crippen LogP contribution is -2.22. The minimum Gasteiger partial charge on any atom is -0.311 e. The maximum absolute atomic E-state index is 12.8. The molecule has 272 valence electrons. The molecule has 55 heavy (non-hydrogen) atoms. The van der Waals surface area contributed by atoms with Crippen molar-refractivity contribution >= 4 is 70.7 Å². The van der Waals surface area contributed by atoms with Gasteiger partial charge < -0.3 is 4.90 Å². The number of Topliss-reactive ketones (excluding diaryl/α,β-unsaturated/α-hetero) is 1. The summed E-state index contributed by atoms with van der Waals surface area (Å²) in [5.74, 6) is -1.88. The van der Waals surface area contributed by atoms with Gasteiger partial charge in [-0.25, -0.2) is 0 Å². The number of benzene rings is 6. The van der Waals surface area contributed by atoms with Crippen molar-refractivity contribution in [2.24, 2.45) is 0 Å². The minimum atomic E-state index is -4.93. The molecule has 0 fully saturated rings. The average Bonchev–Trinajstić information content (AvgIpc) is 3.20. The number of non-ortho nitro benzene ring substituents is 2. The van der Waals surface area contributed by atoms with Crippen molar-refractivity contribution in [1.82, 2.24) is 0 Å². The van der Waals surface area contributed by atoms with Crippen molar-refractivity contribution in [3.8, 4) is 0 Å². The number of carbonyl (C=O) groups excluding carboxylic acids is 1. The maximum atomic E-state index is 12.8. The van der Waals surface area contributed by atoms with E-state index in [1.54, 1.807) is 30.3 Å². The molecule has 0 bridgehead atoms. The molecule has 0 atom stereocenters. The Morgan fingerprint density at radius 2 is 0.673 bits per heavy atom. The van der Waals surface area contributed by atoms with Gasteiger partial charge in [0.2, 0.25) is 0 Å². The zero-order valence-electron chi connectivity index (χ0n) is 28.8. The molecule has 0 unspecified atom stereocenters. The van der Waals surface area contributed by atoms with Crippen LogP contribution in [-0.2, 0) is 0 Å². The van der Waals surface area contributed by atoms with Crippen LogP contribution >= 0.6 is 0 Å². The van der Waals surface area contributed by atoms with Crippen LogP contribution in [0.25, 0.3) is 36.5 Å². The van der Waals surface area contributed by atoms with Crippen LogP contribution < -0.4 is 4.90 Å². The average molecular weight is 738 g/mol. The summed E-state index contributed by atoms with van der Waals surface area (Å²) in [7, 11) is 0. The second-order valence-corrected chi connectivity index (χ2v) is 12.3. The molecule has 11 heteroatoms. The zero-order valence-corrected chi connectivity index (χ0v) is 28.8. The molecule has 0 saturated carbocycles. The van der Waals surface area contributed by atoms with E-state index < -0.39 is 27.4 Å². The summed E-state index contributed by atoms with van der Waals surface area (Å²) in [6, 6.07) is 41.4. The van der Waals surface area contributed by atoms with Crippen LogP contribution in [0.15, 0.2) is 146 Å². The highest BCUT2D eigenvalue weighted by atomic mass is 19.4. The molecule has 6 rings (SSSR count). The molecule has 6 aromatic rings. The van der Waals surface area contributed by atoms with Gasteiger partial charge >= 0.3 is 6.18 Å². The summed E-state index contributed by atoms with van der Waals surface area (Å²) < 4.78 is 38.3. The van der Waals surface area contributed by atoms with E-state index in [0.29, 0.717) is 5.56 Å². The van der Waals surface area contributed by atoms with Gasteiger partial charge in [-0.1, -0.05) is 97.1 Å². The predicted octanol–water partition coefficient (Wildman–Crippen LogP) is 12.2. The van der Waals surface area contributed by atoms with Crippen molar-refractivity contribution in [2.75, 3.05) is 4.90 Å². The summed E-state index contributed by atoms with van der Waals surface area (Å²) in [5.41, 5.74) is 7.20. The Hall–Kier alpha value is -7.40. The number of nitrogens with zero attached hydrogens (tertiary/aromatic N) is 3. The number of rotatable bonds is 12. The lowest BCUT2D eigenvalue weighted by Gasteiger charge is -2.26. The highest BCUT2D eigenvalue weighted by Gasteiger charge is 2.39. The number of halogens is 3. The zero-order chi connectivity index (χ0) is 39.0. The molecule has 6 aromatic carbocycles. The fourth-order valence-electron chi connectivity index (χ4n) is 5.55. The molecule has 8 nitrogen and oxygen atoms in total. The number of carbonyl (C=O) groups is 1. The number of anilines is 3. The van der Waals surface area contributed by atoms with Gasteiger partial charge in [-0.05, 0) is 94.0 Å². The number of hydrogen-bond donors (Lipinski definition) is 0. The van der Waals surface area contributed by atoms with Crippen LogP contribution in [0.2, 0.25) is 0 Å². The molecular weight excluding hydrogens is 707 g/mol. The van der Waals surface area contributed by atoms with Crippen molar-refractivity contribution in [3.63, 3.8) is 0 Å². The lowest BCUT2D eigenvalue weighted by atomic mass is 10.1. The highest BCUT2D eigenvalue weighted by molar-refractivity contribution is 6.00. The monoisotopic (exact) mass is 737 g/mol. The van der Waals surface area contributed by atoms with Crippen LogP contribution in [-0.4, -0.2) is 21.8 Å². The third kappa shape index (κ3) is 9.73.